The summed E-state index contributed by atoms with van der Waals surface area (Å²) in [7, 11) is 0. The molecule has 0 aliphatic rings. The number of rotatable bonds is 8. The van der Waals surface area contributed by atoms with Gasteiger partial charge in [-0.3, -0.25) is 0 Å². The second-order valence-electron chi connectivity index (χ2n) is 3.28. The van der Waals surface area contributed by atoms with Gasteiger partial charge in [0, 0.05) is 0 Å². The van der Waals surface area contributed by atoms with Crippen LogP contribution < -0.4 is 0 Å². The molecule has 5 N–H and O–H groups in total. The van der Waals surface area contributed by atoms with Gasteiger partial charge in [0.2, 0.25) is 0 Å². The average Bonchev–Trinajstić information content (AvgIpc) is 2.31. The summed E-state index contributed by atoms with van der Waals surface area (Å²) in [6.45, 7) is -0.878. The normalized spacial score (nSPS) is 18.5. The molecular formula is C9H17NO6. The highest BCUT2D eigenvalue weighted by atomic mass is 16.5. The lowest BCUT2D eigenvalue weighted by atomic mass is 10.0. The van der Waals surface area contributed by atoms with Crippen LogP contribution in [0.5, 0.6) is 0 Å². The van der Waals surface area contributed by atoms with Crippen LogP contribution in [0.3, 0.4) is 0 Å². The van der Waals surface area contributed by atoms with Crippen LogP contribution >= 0.6 is 0 Å². The molecule has 0 spiro atoms. The molecule has 0 aliphatic carbocycles. The fraction of sp³-hybridized carbons (Fsp3) is 0.889. The van der Waals surface area contributed by atoms with Crippen LogP contribution in [0.15, 0.2) is 0 Å². The van der Waals surface area contributed by atoms with Crippen LogP contribution in [0.4, 0.5) is 0 Å². The molecule has 7 nitrogen and oxygen atoms in total. The van der Waals surface area contributed by atoms with Gasteiger partial charge in [0.25, 0.3) is 0 Å². The van der Waals surface area contributed by atoms with Crippen molar-refractivity contribution >= 4 is 0 Å². The Balaban J connectivity index is 3.89. The van der Waals surface area contributed by atoms with Crippen molar-refractivity contribution < 1.29 is 30.3 Å². The first-order valence-electron chi connectivity index (χ1n) is 4.82. The van der Waals surface area contributed by atoms with E-state index in [1.54, 1.807) is 0 Å². The van der Waals surface area contributed by atoms with Crippen molar-refractivity contribution in [2.45, 2.75) is 30.8 Å². The standard InChI is InChI=1S/C9H17NO6/c10-2-1-3-16-5-7(13)9(15)8(14)6(12)4-11/h6-9,11-15H,1,3-5H2/t6-,7+,8-,9-/m1/s1. The SMILES string of the molecule is N#CCCOC[C@H](O)[C@@H](O)[C@H](O)[C@H](O)CO. The molecule has 7 heteroatoms. The highest BCUT2D eigenvalue weighted by Gasteiger charge is 2.29. The Morgan fingerprint density at radius 3 is 2.12 bits per heavy atom. The van der Waals surface area contributed by atoms with Gasteiger partial charge in [-0.15, -0.1) is 0 Å². The Hall–Kier alpha value is -0.750. The first-order chi connectivity index (χ1) is 7.54. The predicted molar refractivity (Wildman–Crippen MR) is 52.2 cm³/mol. The lowest BCUT2D eigenvalue weighted by Gasteiger charge is -2.25. The monoisotopic (exact) mass is 235 g/mol. The van der Waals surface area contributed by atoms with E-state index in [0.717, 1.165) is 0 Å². The van der Waals surface area contributed by atoms with E-state index in [0.29, 0.717) is 0 Å². The van der Waals surface area contributed by atoms with Crippen molar-refractivity contribution in [2.24, 2.45) is 0 Å². The molecule has 0 aromatic rings. The Bertz CT molecular complexity index is 219. The van der Waals surface area contributed by atoms with Crippen LogP contribution in [-0.2, 0) is 4.74 Å². The Morgan fingerprint density at radius 1 is 1.06 bits per heavy atom. The highest BCUT2D eigenvalue weighted by Crippen LogP contribution is 2.05. The molecule has 0 bridgehead atoms. The maximum atomic E-state index is 9.33. The summed E-state index contributed by atoms with van der Waals surface area (Å²) in [5, 5.41) is 53.6. The maximum Gasteiger partial charge on any atom is 0.111 e. The molecule has 0 aromatic heterocycles. The summed E-state index contributed by atoms with van der Waals surface area (Å²) < 4.78 is 4.83. The maximum absolute atomic E-state index is 9.33. The minimum Gasteiger partial charge on any atom is -0.394 e. The molecule has 0 aliphatic heterocycles. The molecule has 0 radical (unpaired) electrons. The van der Waals surface area contributed by atoms with Crippen LogP contribution in [0.1, 0.15) is 6.42 Å². The first-order valence-corrected chi connectivity index (χ1v) is 4.82. The number of nitrogens with zero attached hydrogens (tertiary/aromatic N) is 1. The number of aliphatic hydroxyl groups is 5. The van der Waals surface area contributed by atoms with Crippen molar-refractivity contribution in [3.8, 4) is 6.07 Å². The lowest BCUT2D eigenvalue weighted by Crippen LogP contribution is -2.47. The summed E-state index contributed by atoms with van der Waals surface area (Å²) in [5.41, 5.74) is 0. The number of aliphatic hydroxyl groups excluding tert-OH is 5. The highest BCUT2D eigenvalue weighted by molar-refractivity contribution is 4.80. The zero-order valence-corrected chi connectivity index (χ0v) is 8.73. The molecular weight excluding hydrogens is 218 g/mol. The molecule has 0 saturated carbocycles. The fourth-order valence-corrected chi connectivity index (χ4v) is 0.984. The van der Waals surface area contributed by atoms with Gasteiger partial charge < -0.3 is 30.3 Å². The van der Waals surface area contributed by atoms with Gasteiger partial charge in [-0.1, -0.05) is 0 Å². The third-order valence-electron chi connectivity index (χ3n) is 1.97. The van der Waals surface area contributed by atoms with Crippen LogP contribution in [-0.4, -0.2) is 69.8 Å². The smallest absolute Gasteiger partial charge is 0.111 e. The number of nitriles is 1. The molecule has 16 heavy (non-hydrogen) atoms. The molecule has 0 unspecified atom stereocenters. The van der Waals surface area contributed by atoms with Gasteiger partial charge in [-0.25, -0.2) is 0 Å². The van der Waals surface area contributed by atoms with E-state index >= 15 is 0 Å². The van der Waals surface area contributed by atoms with Crippen molar-refractivity contribution in [3.05, 3.63) is 0 Å². The van der Waals surface area contributed by atoms with Crippen molar-refractivity contribution in [1.29, 1.82) is 5.26 Å². The first kappa shape index (κ1) is 15.2. The Kier molecular flexibility index (Phi) is 8.01. The van der Waals surface area contributed by atoms with E-state index in [1.165, 1.54) is 0 Å². The summed E-state index contributed by atoms with van der Waals surface area (Å²) in [6, 6.07) is 1.83. The summed E-state index contributed by atoms with van der Waals surface area (Å²) in [5.74, 6) is 0. The zero-order valence-electron chi connectivity index (χ0n) is 8.73. The van der Waals surface area contributed by atoms with Crippen molar-refractivity contribution in [2.75, 3.05) is 19.8 Å². The van der Waals surface area contributed by atoms with Crippen LogP contribution in [0, 0.1) is 11.3 Å². The molecule has 4 atom stereocenters. The Labute approximate surface area is 93.1 Å². The van der Waals surface area contributed by atoms with Crippen molar-refractivity contribution in [1.82, 2.24) is 0 Å². The summed E-state index contributed by atoms with van der Waals surface area (Å²) >= 11 is 0. The number of ether oxygens (including phenoxy) is 1. The second-order valence-corrected chi connectivity index (χ2v) is 3.28. The Morgan fingerprint density at radius 2 is 1.62 bits per heavy atom. The van der Waals surface area contributed by atoms with Crippen LogP contribution in [0.25, 0.3) is 0 Å². The topological polar surface area (TPSA) is 134 Å². The third-order valence-corrected chi connectivity index (χ3v) is 1.97. The van der Waals surface area contributed by atoms with Gasteiger partial charge in [-0.05, 0) is 0 Å². The molecule has 0 rings (SSSR count). The van der Waals surface area contributed by atoms with E-state index in [4.69, 9.17) is 20.2 Å². The minimum atomic E-state index is -1.65. The van der Waals surface area contributed by atoms with E-state index < -0.39 is 31.0 Å². The van der Waals surface area contributed by atoms with Crippen molar-refractivity contribution in [3.63, 3.8) is 0 Å². The number of hydrogen-bond donors (Lipinski definition) is 5. The molecule has 0 heterocycles. The molecule has 0 amide bonds. The van der Waals surface area contributed by atoms with E-state index in [-0.39, 0.29) is 19.6 Å². The third kappa shape index (κ3) is 5.37. The fourth-order valence-electron chi connectivity index (χ4n) is 0.984. The van der Waals surface area contributed by atoms with Gasteiger partial charge in [-0.2, -0.15) is 5.26 Å². The second kappa shape index (κ2) is 8.41. The van der Waals surface area contributed by atoms with E-state index in [1.807, 2.05) is 6.07 Å². The van der Waals surface area contributed by atoms with Gasteiger partial charge >= 0.3 is 0 Å². The largest absolute Gasteiger partial charge is 0.394 e. The lowest BCUT2D eigenvalue weighted by molar-refractivity contribution is -0.128. The molecule has 94 valence electrons. The van der Waals surface area contributed by atoms with Gasteiger partial charge in [0.05, 0.1) is 32.3 Å². The average molecular weight is 235 g/mol. The van der Waals surface area contributed by atoms with Gasteiger partial charge in [0.1, 0.15) is 24.4 Å². The van der Waals surface area contributed by atoms with E-state index in [9.17, 15) is 15.3 Å². The summed E-state index contributed by atoms with van der Waals surface area (Å²) in [6.07, 6.45) is -6.03. The van der Waals surface area contributed by atoms with Crippen LogP contribution in [0.2, 0.25) is 0 Å². The van der Waals surface area contributed by atoms with E-state index in [2.05, 4.69) is 0 Å². The number of hydrogen-bond acceptors (Lipinski definition) is 7. The van der Waals surface area contributed by atoms with Gasteiger partial charge in [0.15, 0.2) is 0 Å². The minimum absolute atomic E-state index is 0.110. The summed E-state index contributed by atoms with van der Waals surface area (Å²) in [4.78, 5) is 0. The zero-order chi connectivity index (χ0) is 12.6. The molecule has 0 aromatic carbocycles. The molecule has 0 fully saturated rings. The molecule has 0 saturated heterocycles. The quantitative estimate of drug-likeness (QED) is 0.290. The predicted octanol–water partition coefficient (Wildman–Crippen LogP) is -2.65.